The maximum atomic E-state index is 13.1. The van der Waals surface area contributed by atoms with Gasteiger partial charge in [0.25, 0.3) is 17.7 Å². The Bertz CT molecular complexity index is 1170. The molecule has 3 aromatic rings. The van der Waals surface area contributed by atoms with Crippen molar-refractivity contribution in [3.8, 4) is 0 Å². The van der Waals surface area contributed by atoms with Gasteiger partial charge in [-0.1, -0.05) is 5.16 Å². The van der Waals surface area contributed by atoms with Crippen LogP contribution in [-0.2, 0) is 6.54 Å². The van der Waals surface area contributed by atoms with Crippen molar-refractivity contribution in [1.29, 1.82) is 0 Å². The normalized spacial score (nSPS) is 18.5. The molecule has 4 heterocycles. The van der Waals surface area contributed by atoms with Crippen LogP contribution < -0.4 is 0 Å². The quantitative estimate of drug-likeness (QED) is 0.597. The highest BCUT2D eigenvalue weighted by atomic mass is 16.5. The first-order valence-electron chi connectivity index (χ1n) is 10.1. The highest BCUT2D eigenvalue weighted by Gasteiger charge is 2.37. The van der Waals surface area contributed by atoms with Crippen LogP contribution in [-0.4, -0.2) is 50.8 Å². The Morgan fingerprint density at radius 1 is 1.19 bits per heavy atom. The summed E-state index contributed by atoms with van der Waals surface area (Å²) in [5, 5.41) is 3.84. The van der Waals surface area contributed by atoms with Crippen LogP contribution in [0.5, 0.6) is 0 Å². The van der Waals surface area contributed by atoms with Gasteiger partial charge in [0.1, 0.15) is 5.76 Å². The number of hydrogen-bond donors (Lipinski definition) is 0. The van der Waals surface area contributed by atoms with Crippen molar-refractivity contribution in [1.82, 2.24) is 19.9 Å². The molecule has 0 aliphatic carbocycles. The van der Waals surface area contributed by atoms with E-state index in [1.807, 2.05) is 0 Å². The van der Waals surface area contributed by atoms with Gasteiger partial charge in [-0.05, 0) is 50.1 Å². The zero-order valence-corrected chi connectivity index (χ0v) is 16.9. The number of piperidine rings is 1. The second kappa shape index (κ2) is 7.50. The summed E-state index contributed by atoms with van der Waals surface area (Å²) in [6.45, 7) is 2.89. The fourth-order valence-electron chi connectivity index (χ4n) is 4.15. The number of amides is 3. The van der Waals surface area contributed by atoms with Gasteiger partial charge in [-0.3, -0.25) is 19.3 Å². The number of aromatic nitrogens is 2. The monoisotopic (exact) mass is 420 g/mol. The molecule has 1 aromatic carbocycles. The van der Waals surface area contributed by atoms with Gasteiger partial charge in [0, 0.05) is 18.7 Å². The Kier molecular flexibility index (Phi) is 4.65. The van der Waals surface area contributed by atoms with E-state index in [1.54, 1.807) is 36.1 Å². The number of benzene rings is 1. The first-order chi connectivity index (χ1) is 15.0. The number of carbonyl (C=O) groups excluding carboxylic acids is 3. The molecule has 9 nitrogen and oxygen atoms in total. The van der Waals surface area contributed by atoms with Gasteiger partial charge in [-0.2, -0.15) is 4.98 Å². The van der Waals surface area contributed by atoms with Crippen LogP contribution >= 0.6 is 0 Å². The van der Waals surface area contributed by atoms with Crippen LogP contribution in [0, 0.1) is 6.92 Å². The van der Waals surface area contributed by atoms with Gasteiger partial charge in [0.15, 0.2) is 5.82 Å². The highest BCUT2D eigenvalue weighted by Crippen LogP contribution is 2.29. The van der Waals surface area contributed by atoms with Crippen LogP contribution in [0.4, 0.5) is 0 Å². The summed E-state index contributed by atoms with van der Waals surface area (Å²) >= 11 is 0. The van der Waals surface area contributed by atoms with Gasteiger partial charge >= 0.3 is 0 Å². The third-order valence-corrected chi connectivity index (χ3v) is 5.71. The summed E-state index contributed by atoms with van der Waals surface area (Å²) in [4.78, 5) is 45.8. The van der Waals surface area contributed by atoms with Crippen molar-refractivity contribution < 1.29 is 23.3 Å². The van der Waals surface area contributed by atoms with E-state index in [-0.39, 0.29) is 29.8 Å². The number of imide groups is 1. The molecule has 0 bridgehead atoms. The fourth-order valence-corrected chi connectivity index (χ4v) is 4.15. The molecular formula is C22H20N4O5. The van der Waals surface area contributed by atoms with E-state index >= 15 is 0 Å². The van der Waals surface area contributed by atoms with Gasteiger partial charge < -0.3 is 13.8 Å². The molecular weight excluding hydrogens is 400 g/mol. The number of fused-ring (bicyclic) bond motifs is 1. The maximum absolute atomic E-state index is 13.1. The van der Waals surface area contributed by atoms with E-state index < -0.39 is 5.91 Å². The topological polar surface area (TPSA) is 110 Å². The molecule has 1 unspecified atom stereocenters. The number of nitrogens with zero attached hydrogens (tertiary/aromatic N) is 4. The third kappa shape index (κ3) is 3.41. The number of carbonyl (C=O) groups is 3. The Hall–Kier alpha value is -3.75. The fraction of sp³-hybridized carbons (Fsp3) is 0.318. The van der Waals surface area contributed by atoms with E-state index in [1.165, 1.54) is 12.3 Å². The predicted molar refractivity (Wildman–Crippen MR) is 106 cm³/mol. The van der Waals surface area contributed by atoms with Gasteiger partial charge in [0.2, 0.25) is 5.89 Å². The van der Waals surface area contributed by atoms with Crippen LogP contribution in [0.2, 0.25) is 0 Å². The molecule has 0 N–H and O–H groups in total. The van der Waals surface area contributed by atoms with E-state index in [0.717, 1.165) is 17.7 Å². The van der Waals surface area contributed by atoms with Gasteiger partial charge in [-0.25, -0.2) is 0 Å². The highest BCUT2D eigenvalue weighted by molar-refractivity contribution is 6.22. The lowest BCUT2D eigenvalue weighted by atomic mass is 9.96. The number of rotatable bonds is 4. The summed E-state index contributed by atoms with van der Waals surface area (Å²) < 4.78 is 10.5. The Morgan fingerprint density at radius 2 is 2.03 bits per heavy atom. The zero-order valence-electron chi connectivity index (χ0n) is 16.9. The molecule has 3 amide bonds. The number of furan rings is 1. The van der Waals surface area contributed by atoms with Crippen molar-refractivity contribution in [2.24, 2.45) is 0 Å². The van der Waals surface area contributed by atoms with Crippen LogP contribution in [0.3, 0.4) is 0 Å². The standard InChI is InChI=1S/C22H20N4O5/c1-13-23-19(31-24-13)15-4-2-8-25(11-15)20(27)14-6-7-17-18(10-14)22(29)26(21(17)28)12-16-5-3-9-30-16/h3,5-7,9-10,15H,2,4,8,11-12H2,1H3. The van der Waals surface area contributed by atoms with Crippen LogP contribution in [0.1, 0.15) is 67.3 Å². The lowest BCUT2D eigenvalue weighted by molar-refractivity contribution is 0.0631. The average molecular weight is 420 g/mol. The molecule has 31 heavy (non-hydrogen) atoms. The lowest BCUT2D eigenvalue weighted by Crippen LogP contribution is -2.39. The summed E-state index contributed by atoms with van der Waals surface area (Å²) in [6, 6.07) is 8.07. The minimum absolute atomic E-state index is 0.0136. The molecule has 5 rings (SSSR count). The second-order valence-electron chi connectivity index (χ2n) is 7.81. The molecule has 0 radical (unpaired) electrons. The molecule has 2 aliphatic rings. The van der Waals surface area contributed by atoms with Crippen LogP contribution in [0.25, 0.3) is 0 Å². The van der Waals surface area contributed by atoms with E-state index in [4.69, 9.17) is 8.94 Å². The molecule has 158 valence electrons. The number of hydrogen-bond acceptors (Lipinski definition) is 7. The first-order valence-corrected chi connectivity index (χ1v) is 10.1. The van der Waals surface area contributed by atoms with Gasteiger partial charge in [0.05, 0.1) is 29.9 Å². The zero-order chi connectivity index (χ0) is 21.5. The van der Waals surface area contributed by atoms with Crippen molar-refractivity contribution in [3.05, 3.63) is 70.8 Å². The Balaban J connectivity index is 1.35. The van der Waals surface area contributed by atoms with Crippen molar-refractivity contribution in [2.75, 3.05) is 13.1 Å². The molecule has 2 aromatic heterocycles. The molecule has 0 spiro atoms. The average Bonchev–Trinajstić information content (AvgIpc) is 3.51. The van der Waals surface area contributed by atoms with E-state index in [0.29, 0.717) is 41.7 Å². The Labute approximate surface area is 177 Å². The molecule has 0 saturated carbocycles. The van der Waals surface area contributed by atoms with Crippen LogP contribution in [0.15, 0.2) is 45.5 Å². The molecule has 1 fully saturated rings. The van der Waals surface area contributed by atoms with Crippen molar-refractivity contribution >= 4 is 17.7 Å². The van der Waals surface area contributed by atoms with E-state index in [2.05, 4.69) is 10.1 Å². The van der Waals surface area contributed by atoms with E-state index in [9.17, 15) is 14.4 Å². The maximum Gasteiger partial charge on any atom is 0.261 e. The third-order valence-electron chi connectivity index (χ3n) is 5.71. The summed E-state index contributed by atoms with van der Waals surface area (Å²) in [6.07, 6.45) is 3.17. The van der Waals surface area contributed by atoms with Crippen molar-refractivity contribution in [2.45, 2.75) is 32.2 Å². The Morgan fingerprint density at radius 3 is 2.77 bits per heavy atom. The summed E-state index contributed by atoms with van der Waals surface area (Å²) in [7, 11) is 0. The smallest absolute Gasteiger partial charge is 0.261 e. The molecule has 9 heteroatoms. The van der Waals surface area contributed by atoms with Crippen molar-refractivity contribution in [3.63, 3.8) is 0 Å². The second-order valence-corrected chi connectivity index (χ2v) is 7.81. The number of likely N-dealkylation sites (tertiary alicyclic amines) is 1. The molecule has 1 atom stereocenters. The minimum Gasteiger partial charge on any atom is -0.467 e. The minimum atomic E-state index is -0.427. The summed E-state index contributed by atoms with van der Waals surface area (Å²) in [5.74, 6) is 0.608. The first kappa shape index (κ1) is 19.2. The molecule has 1 saturated heterocycles. The number of aryl methyl sites for hydroxylation is 1. The summed E-state index contributed by atoms with van der Waals surface area (Å²) in [5.41, 5.74) is 0.913. The predicted octanol–water partition coefficient (Wildman–Crippen LogP) is 2.79. The van der Waals surface area contributed by atoms with Gasteiger partial charge in [-0.15, -0.1) is 0 Å². The largest absolute Gasteiger partial charge is 0.467 e. The lowest BCUT2D eigenvalue weighted by Gasteiger charge is -2.31. The molecule has 2 aliphatic heterocycles. The SMILES string of the molecule is Cc1noc(C2CCCN(C(=O)c3ccc4c(c3)C(=O)N(Cc3ccco3)C4=O)C2)n1.